The molecule has 0 atom stereocenters. The number of rotatable bonds is 6. The molecule has 0 heterocycles. The van der Waals surface area contributed by atoms with E-state index in [4.69, 9.17) is 4.74 Å². The number of amides is 1. The second-order valence-electron chi connectivity index (χ2n) is 6.86. The molecule has 1 N–H and O–H groups in total. The van der Waals surface area contributed by atoms with E-state index in [2.05, 4.69) is 5.32 Å². The summed E-state index contributed by atoms with van der Waals surface area (Å²) in [5.41, 5.74) is -0.150. The van der Waals surface area contributed by atoms with E-state index in [-0.39, 0.29) is 11.7 Å². The lowest BCUT2D eigenvalue weighted by atomic mass is 9.95. The standard InChI is InChI=1S/C19H19FN2O5/c1-19(2,3)18(24)21-14-7-4-12(5-8-14)16(23)11-27-17-10-13(20)6-9-15(17)22(25)26/h4-10H,11H2,1-3H3,(H,21,24). The monoisotopic (exact) mass is 374 g/mol. The zero-order chi connectivity index (χ0) is 20.2. The Morgan fingerprint density at radius 1 is 1.15 bits per heavy atom. The molecular weight excluding hydrogens is 355 g/mol. The van der Waals surface area contributed by atoms with Gasteiger partial charge in [0.25, 0.3) is 0 Å². The van der Waals surface area contributed by atoms with Crippen LogP contribution in [-0.2, 0) is 4.79 Å². The molecule has 8 heteroatoms. The van der Waals surface area contributed by atoms with E-state index < -0.39 is 34.2 Å². The Bertz CT molecular complexity index is 873. The number of nitrogens with one attached hydrogen (secondary N) is 1. The average molecular weight is 374 g/mol. The van der Waals surface area contributed by atoms with Crippen LogP contribution in [0.25, 0.3) is 0 Å². The molecular formula is C19H19FN2O5. The Kier molecular flexibility index (Phi) is 5.89. The Morgan fingerprint density at radius 2 is 1.78 bits per heavy atom. The third kappa shape index (κ3) is 5.34. The minimum atomic E-state index is -0.716. The summed E-state index contributed by atoms with van der Waals surface area (Å²) in [4.78, 5) is 34.4. The molecule has 0 fully saturated rings. The Labute approximate surface area is 155 Å². The van der Waals surface area contributed by atoms with E-state index in [1.165, 1.54) is 12.1 Å². The Balaban J connectivity index is 2.04. The Morgan fingerprint density at radius 3 is 2.33 bits per heavy atom. The van der Waals surface area contributed by atoms with E-state index in [1.807, 2.05) is 0 Å². The van der Waals surface area contributed by atoms with E-state index in [0.29, 0.717) is 11.3 Å². The molecule has 1 amide bonds. The van der Waals surface area contributed by atoms with E-state index in [9.17, 15) is 24.1 Å². The van der Waals surface area contributed by atoms with Crippen molar-refractivity contribution in [3.8, 4) is 5.75 Å². The van der Waals surface area contributed by atoms with Gasteiger partial charge in [-0.1, -0.05) is 20.8 Å². The van der Waals surface area contributed by atoms with Crippen LogP contribution in [0.1, 0.15) is 31.1 Å². The summed E-state index contributed by atoms with van der Waals surface area (Å²) in [5, 5.41) is 13.7. The van der Waals surface area contributed by atoms with Gasteiger partial charge in [0.1, 0.15) is 5.82 Å². The number of ether oxygens (including phenoxy) is 1. The maximum atomic E-state index is 13.3. The SMILES string of the molecule is CC(C)(C)C(=O)Nc1ccc(C(=O)COc2cc(F)ccc2[N+](=O)[O-])cc1. The van der Waals surface area contributed by atoms with Crippen LogP contribution in [0, 0.1) is 21.3 Å². The quantitative estimate of drug-likeness (QED) is 0.468. The Hall–Kier alpha value is -3.29. The van der Waals surface area contributed by atoms with Crippen molar-refractivity contribution in [3.05, 3.63) is 64.0 Å². The van der Waals surface area contributed by atoms with E-state index in [1.54, 1.807) is 32.9 Å². The molecule has 0 aliphatic carbocycles. The summed E-state index contributed by atoms with van der Waals surface area (Å²) in [6.07, 6.45) is 0. The summed E-state index contributed by atoms with van der Waals surface area (Å²) in [6.45, 7) is 4.85. The van der Waals surface area contributed by atoms with Gasteiger partial charge >= 0.3 is 5.69 Å². The van der Waals surface area contributed by atoms with Gasteiger partial charge in [0.2, 0.25) is 5.91 Å². The molecule has 0 saturated carbocycles. The van der Waals surface area contributed by atoms with Crippen molar-refractivity contribution in [2.75, 3.05) is 11.9 Å². The van der Waals surface area contributed by atoms with Crippen molar-refractivity contribution in [2.45, 2.75) is 20.8 Å². The summed E-state index contributed by atoms with van der Waals surface area (Å²) in [5.74, 6) is -1.63. The number of nitro groups is 1. The molecule has 0 unspecified atom stereocenters. The second kappa shape index (κ2) is 7.94. The predicted octanol–water partition coefficient (Wildman–Crippen LogP) is 3.98. The van der Waals surface area contributed by atoms with Gasteiger partial charge in [-0.15, -0.1) is 0 Å². The average Bonchev–Trinajstić information content (AvgIpc) is 2.59. The molecule has 7 nitrogen and oxygen atoms in total. The lowest BCUT2D eigenvalue weighted by molar-refractivity contribution is -0.385. The molecule has 0 aliphatic heterocycles. The lowest BCUT2D eigenvalue weighted by Crippen LogP contribution is -2.27. The first-order chi connectivity index (χ1) is 12.6. The fourth-order valence-electron chi connectivity index (χ4n) is 2.04. The first-order valence-electron chi connectivity index (χ1n) is 8.09. The third-order valence-corrected chi connectivity index (χ3v) is 3.62. The number of Topliss-reactive ketones (excluding diaryl/α,β-unsaturated/α-hetero) is 1. The van der Waals surface area contributed by atoms with Gasteiger partial charge in [0.15, 0.2) is 18.1 Å². The minimum Gasteiger partial charge on any atom is -0.478 e. The highest BCUT2D eigenvalue weighted by Gasteiger charge is 2.21. The lowest BCUT2D eigenvalue weighted by Gasteiger charge is -2.17. The molecule has 2 aromatic rings. The van der Waals surface area contributed by atoms with Gasteiger partial charge in [-0.2, -0.15) is 0 Å². The van der Waals surface area contributed by atoms with Crippen molar-refractivity contribution in [3.63, 3.8) is 0 Å². The van der Waals surface area contributed by atoms with Crippen LogP contribution in [0.4, 0.5) is 15.8 Å². The molecule has 0 radical (unpaired) electrons. The molecule has 2 aromatic carbocycles. The van der Waals surface area contributed by atoms with Gasteiger partial charge in [0, 0.05) is 28.8 Å². The van der Waals surface area contributed by atoms with E-state index >= 15 is 0 Å². The van der Waals surface area contributed by atoms with Crippen molar-refractivity contribution < 1.29 is 23.6 Å². The van der Waals surface area contributed by atoms with Gasteiger partial charge < -0.3 is 10.1 Å². The first-order valence-corrected chi connectivity index (χ1v) is 8.09. The van der Waals surface area contributed by atoms with Gasteiger partial charge in [0.05, 0.1) is 4.92 Å². The first kappa shape index (κ1) is 20.0. The number of benzene rings is 2. The number of carbonyl (C=O) groups excluding carboxylic acids is 2. The fourth-order valence-corrected chi connectivity index (χ4v) is 2.04. The summed E-state index contributed by atoms with van der Waals surface area (Å²) in [6, 6.07) is 8.92. The van der Waals surface area contributed by atoms with Crippen molar-refractivity contribution in [1.29, 1.82) is 0 Å². The molecule has 142 valence electrons. The molecule has 0 spiro atoms. The molecule has 27 heavy (non-hydrogen) atoms. The highest BCUT2D eigenvalue weighted by atomic mass is 19.1. The number of nitrogens with zero attached hydrogens (tertiary/aromatic N) is 1. The highest BCUT2D eigenvalue weighted by molar-refractivity contribution is 5.98. The summed E-state index contributed by atoms with van der Waals surface area (Å²) < 4.78 is 18.4. The predicted molar refractivity (Wildman–Crippen MR) is 97.4 cm³/mol. The number of halogens is 1. The molecule has 0 aliphatic rings. The largest absolute Gasteiger partial charge is 0.478 e. The van der Waals surface area contributed by atoms with Crippen LogP contribution < -0.4 is 10.1 Å². The molecule has 2 rings (SSSR count). The van der Waals surface area contributed by atoms with Crippen LogP contribution in [0.3, 0.4) is 0 Å². The maximum Gasteiger partial charge on any atom is 0.311 e. The number of nitro benzene ring substituents is 1. The number of carbonyl (C=O) groups is 2. The van der Waals surface area contributed by atoms with Crippen LogP contribution >= 0.6 is 0 Å². The minimum absolute atomic E-state index is 0.164. The number of hydrogen-bond donors (Lipinski definition) is 1. The normalized spacial score (nSPS) is 11.0. The van der Waals surface area contributed by atoms with Crippen molar-refractivity contribution in [2.24, 2.45) is 5.41 Å². The third-order valence-electron chi connectivity index (χ3n) is 3.62. The van der Waals surface area contributed by atoms with Gasteiger partial charge in [-0.3, -0.25) is 19.7 Å². The van der Waals surface area contributed by atoms with Crippen LogP contribution in [-0.4, -0.2) is 23.2 Å². The number of hydrogen-bond acceptors (Lipinski definition) is 5. The van der Waals surface area contributed by atoms with Crippen LogP contribution in [0.2, 0.25) is 0 Å². The zero-order valence-electron chi connectivity index (χ0n) is 15.1. The maximum absolute atomic E-state index is 13.3. The molecule has 0 saturated heterocycles. The van der Waals surface area contributed by atoms with Crippen molar-refractivity contribution >= 4 is 23.1 Å². The zero-order valence-corrected chi connectivity index (χ0v) is 15.1. The van der Waals surface area contributed by atoms with E-state index in [0.717, 1.165) is 18.2 Å². The summed E-state index contributed by atoms with van der Waals surface area (Å²) >= 11 is 0. The van der Waals surface area contributed by atoms with Crippen LogP contribution in [0.5, 0.6) is 5.75 Å². The van der Waals surface area contributed by atoms with Gasteiger partial charge in [-0.25, -0.2) is 4.39 Å². The molecule has 0 bridgehead atoms. The van der Waals surface area contributed by atoms with Crippen LogP contribution in [0.15, 0.2) is 42.5 Å². The number of anilines is 1. The number of ketones is 1. The summed E-state index contributed by atoms with van der Waals surface area (Å²) in [7, 11) is 0. The molecule has 0 aromatic heterocycles. The smallest absolute Gasteiger partial charge is 0.311 e. The van der Waals surface area contributed by atoms with Crippen molar-refractivity contribution in [1.82, 2.24) is 0 Å². The highest BCUT2D eigenvalue weighted by Crippen LogP contribution is 2.27. The fraction of sp³-hybridized carbons (Fsp3) is 0.263. The van der Waals surface area contributed by atoms with Gasteiger partial charge in [-0.05, 0) is 30.3 Å². The second-order valence-corrected chi connectivity index (χ2v) is 6.86. The topological polar surface area (TPSA) is 98.5 Å².